The van der Waals surface area contributed by atoms with Crippen LogP contribution in [0.25, 0.3) is 0 Å². The molecule has 1 fully saturated rings. The first-order valence-electron chi connectivity index (χ1n) is 8.73. The predicted molar refractivity (Wildman–Crippen MR) is 108 cm³/mol. The molecule has 9 heteroatoms. The van der Waals surface area contributed by atoms with Crippen LogP contribution in [0, 0.1) is 17.5 Å². The average molecular weight is 407 g/mol. The van der Waals surface area contributed by atoms with E-state index < -0.39 is 11.6 Å². The molecule has 1 aliphatic heterocycles. The molecule has 1 heterocycles. The van der Waals surface area contributed by atoms with Crippen molar-refractivity contribution in [3.05, 3.63) is 65.0 Å². The summed E-state index contributed by atoms with van der Waals surface area (Å²) in [5.74, 6) is -2.15. The van der Waals surface area contributed by atoms with Gasteiger partial charge in [0.05, 0.1) is 11.9 Å². The zero-order valence-electron chi connectivity index (χ0n) is 15.0. The number of thiocarbonyl (C=S) groups is 1. The molecule has 148 valence electrons. The van der Waals surface area contributed by atoms with Gasteiger partial charge in [0, 0.05) is 43.9 Å². The largest absolute Gasteiger partial charge is 0.375 e. The van der Waals surface area contributed by atoms with Crippen molar-refractivity contribution in [2.75, 3.05) is 31.1 Å². The van der Waals surface area contributed by atoms with Gasteiger partial charge in [0.2, 0.25) is 0 Å². The Balaban J connectivity index is 1.64. The predicted octanol–water partition coefficient (Wildman–Crippen LogP) is 2.59. The van der Waals surface area contributed by atoms with Crippen molar-refractivity contribution in [2.24, 2.45) is 10.8 Å². The molecule has 0 aliphatic carbocycles. The Morgan fingerprint density at radius 1 is 1.07 bits per heavy atom. The Morgan fingerprint density at radius 3 is 2.46 bits per heavy atom. The van der Waals surface area contributed by atoms with E-state index in [1.807, 2.05) is 0 Å². The van der Waals surface area contributed by atoms with E-state index in [4.69, 9.17) is 5.73 Å². The van der Waals surface area contributed by atoms with Gasteiger partial charge in [0.25, 0.3) is 0 Å². The van der Waals surface area contributed by atoms with E-state index in [1.54, 1.807) is 23.1 Å². The summed E-state index contributed by atoms with van der Waals surface area (Å²) in [6.07, 6.45) is 1.12. The molecule has 1 aliphatic rings. The lowest BCUT2D eigenvalue weighted by atomic mass is 10.1. The summed E-state index contributed by atoms with van der Waals surface area (Å²) in [5.41, 5.74) is 8.33. The highest BCUT2D eigenvalue weighted by Crippen LogP contribution is 2.25. The van der Waals surface area contributed by atoms with Crippen molar-refractivity contribution in [3.8, 4) is 0 Å². The maximum absolute atomic E-state index is 14.5. The third-order valence-electron chi connectivity index (χ3n) is 4.53. The number of benzene rings is 2. The van der Waals surface area contributed by atoms with E-state index in [-0.39, 0.29) is 22.2 Å². The zero-order chi connectivity index (χ0) is 20.1. The topological polar surface area (TPSA) is 56.9 Å². The molecule has 0 saturated carbocycles. The number of piperazine rings is 1. The molecular weight excluding hydrogens is 387 g/mol. The SMILES string of the molecule is NC(=S)N/N=C/c1ccc(N2CCN(Cc3ccccc3F)CC2)c(F)c1F. The average Bonchev–Trinajstić information content (AvgIpc) is 2.68. The summed E-state index contributed by atoms with van der Waals surface area (Å²) in [6, 6.07) is 9.61. The van der Waals surface area contributed by atoms with Gasteiger partial charge in [-0.05, 0) is 30.4 Å². The molecule has 0 radical (unpaired) electrons. The fourth-order valence-corrected chi connectivity index (χ4v) is 3.13. The van der Waals surface area contributed by atoms with E-state index in [9.17, 15) is 13.2 Å². The van der Waals surface area contributed by atoms with Crippen LogP contribution in [0.4, 0.5) is 18.9 Å². The van der Waals surface area contributed by atoms with E-state index in [2.05, 4.69) is 27.6 Å². The third-order valence-corrected chi connectivity index (χ3v) is 4.63. The second-order valence-electron chi connectivity index (χ2n) is 6.39. The summed E-state index contributed by atoms with van der Waals surface area (Å²) in [7, 11) is 0. The Morgan fingerprint density at radius 2 is 1.79 bits per heavy atom. The summed E-state index contributed by atoms with van der Waals surface area (Å²) in [6.45, 7) is 2.76. The molecule has 3 rings (SSSR count). The monoisotopic (exact) mass is 407 g/mol. The summed E-state index contributed by atoms with van der Waals surface area (Å²) >= 11 is 4.59. The first-order valence-corrected chi connectivity index (χ1v) is 9.13. The third kappa shape index (κ3) is 4.79. The molecule has 5 nitrogen and oxygen atoms in total. The first-order chi connectivity index (χ1) is 13.5. The van der Waals surface area contributed by atoms with Gasteiger partial charge < -0.3 is 10.6 Å². The molecule has 2 aromatic rings. The van der Waals surface area contributed by atoms with Gasteiger partial charge in [-0.25, -0.2) is 13.2 Å². The fraction of sp³-hybridized carbons (Fsp3) is 0.263. The number of hydrogen-bond donors (Lipinski definition) is 2. The minimum atomic E-state index is -0.986. The van der Waals surface area contributed by atoms with Crippen LogP contribution >= 0.6 is 12.2 Å². The summed E-state index contributed by atoms with van der Waals surface area (Å²) < 4.78 is 42.6. The van der Waals surface area contributed by atoms with Crippen molar-refractivity contribution in [1.82, 2.24) is 10.3 Å². The van der Waals surface area contributed by atoms with Gasteiger partial charge >= 0.3 is 0 Å². The van der Waals surface area contributed by atoms with Crippen LogP contribution in [0.3, 0.4) is 0 Å². The number of hydrogen-bond acceptors (Lipinski definition) is 4. The molecule has 0 spiro atoms. The normalized spacial score (nSPS) is 15.2. The van der Waals surface area contributed by atoms with Crippen molar-refractivity contribution in [3.63, 3.8) is 0 Å². The van der Waals surface area contributed by atoms with Gasteiger partial charge in [0.15, 0.2) is 16.7 Å². The van der Waals surface area contributed by atoms with Crippen LogP contribution < -0.4 is 16.1 Å². The molecule has 1 saturated heterocycles. The van der Waals surface area contributed by atoms with Crippen molar-refractivity contribution >= 4 is 29.2 Å². The van der Waals surface area contributed by atoms with Crippen LogP contribution in [0.1, 0.15) is 11.1 Å². The number of rotatable bonds is 5. The quantitative estimate of drug-likeness (QED) is 0.453. The Hall–Kier alpha value is -2.65. The van der Waals surface area contributed by atoms with Gasteiger partial charge in [-0.3, -0.25) is 10.3 Å². The lowest BCUT2D eigenvalue weighted by molar-refractivity contribution is 0.246. The van der Waals surface area contributed by atoms with Gasteiger partial charge in [-0.15, -0.1) is 0 Å². The van der Waals surface area contributed by atoms with E-state index in [0.717, 1.165) is 6.21 Å². The molecule has 0 aromatic heterocycles. The first kappa shape index (κ1) is 20.1. The lowest BCUT2D eigenvalue weighted by Gasteiger charge is -2.36. The highest BCUT2D eigenvalue weighted by atomic mass is 32.1. The standard InChI is InChI=1S/C19H20F3N5S/c20-15-4-2-1-3-14(15)12-26-7-9-27(10-8-26)16-6-5-13(17(21)18(16)22)11-24-25-19(23)28/h1-6,11H,7-10,12H2,(H3,23,25,28)/b24-11+. The van der Waals surface area contributed by atoms with E-state index >= 15 is 0 Å². The Labute approximate surface area is 166 Å². The second-order valence-corrected chi connectivity index (χ2v) is 6.83. The van der Waals surface area contributed by atoms with Crippen LogP contribution in [0.15, 0.2) is 41.5 Å². The minimum Gasteiger partial charge on any atom is -0.375 e. The highest BCUT2D eigenvalue weighted by molar-refractivity contribution is 7.80. The van der Waals surface area contributed by atoms with Crippen LogP contribution in [0.5, 0.6) is 0 Å². The molecule has 28 heavy (non-hydrogen) atoms. The minimum absolute atomic E-state index is 0.0109. The summed E-state index contributed by atoms with van der Waals surface area (Å²) in [4.78, 5) is 3.87. The lowest BCUT2D eigenvalue weighted by Crippen LogP contribution is -2.46. The molecular formula is C19H20F3N5S. The highest BCUT2D eigenvalue weighted by Gasteiger charge is 2.22. The van der Waals surface area contributed by atoms with Crippen molar-refractivity contribution in [2.45, 2.75) is 6.54 Å². The number of hydrazone groups is 1. The number of halogens is 3. The number of nitrogens with two attached hydrogens (primary N) is 1. The molecule has 0 amide bonds. The second kappa shape index (κ2) is 9.03. The van der Waals surface area contributed by atoms with Crippen molar-refractivity contribution in [1.29, 1.82) is 0 Å². The molecule has 0 unspecified atom stereocenters. The smallest absolute Gasteiger partial charge is 0.184 e. The Bertz CT molecular complexity index is 882. The molecule has 0 atom stereocenters. The number of anilines is 1. The van der Waals surface area contributed by atoms with Gasteiger partial charge in [-0.1, -0.05) is 18.2 Å². The van der Waals surface area contributed by atoms with E-state index in [0.29, 0.717) is 38.3 Å². The Kier molecular flexibility index (Phi) is 6.48. The van der Waals surface area contributed by atoms with E-state index in [1.165, 1.54) is 18.2 Å². The van der Waals surface area contributed by atoms with Gasteiger partial charge in [-0.2, -0.15) is 5.10 Å². The van der Waals surface area contributed by atoms with Crippen molar-refractivity contribution < 1.29 is 13.2 Å². The molecule has 2 aromatic carbocycles. The molecule has 0 bridgehead atoms. The van der Waals surface area contributed by atoms with Crippen LogP contribution in [-0.2, 0) is 6.54 Å². The zero-order valence-corrected chi connectivity index (χ0v) is 15.9. The van der Waals surface area contributed by atoms with Crippen LogP contribution in [0.2, 0.25) is 0 Å². The summed E-state index contributed by atoms with van der Waals surface area (Å²) in [5, 5.41) is 3.58. The van der Waals surface area contributed by atoms with Gasteiger partial charge in [0.1, 0.15) is 5.82 Å². The maximum Gasteiger partial charge on any atom is 0.184 e. The van der Waals surface area contributed by atoms with Crippen LogP contribution in [-0.4, -0.2) is 42.4 Å². The fourth-order valence-electron chi connectivity index (χ4n) is 3.08. The number of nitrogens with zero attached hydrogens (tertiary/aromatic N) is 3. The molecule has 3 N–H and O–H groups in total. The number of nitrogens with one attached hydrogen (secondary N) is 1. The maximum atomic E-state index is 14.5.